The second-order valence-corrected chi connectivity index (χ2v) is 9.22. The van der Waals surface area contributed by atoms with Crippen LogP contribution < -0.4 is 0 Å². The molecule has 1 saturated heterocycles. The van der Waals surface area contributed by atoms with Crippen LogP contribution in [0.4, 0.5) is 0 Å². The fourth-order valence-corrected chi connectivity index (χ4v) is 4.70. The number of pyridine rings is 1. The maximum atomic E-state index is 12.6. The van der Waals surface area contributed by atoms with E-state index in [4.69, 9.17) is 4.52 Å². The van der Waals surface area contributed by atoms with Gasteiger partial charge in [0.1, 0.15) is 4.90 Å². The van der Waals surface area contributed by atoms with E-state index in [0.717, 1.165) is 24.3 Å². The zero-order valence-corrected chi connectivity index (χ0v) is 16.0. The predicted octanol–water partition coefficient (Wildman–Crippen LogP) is 3.05. The lowest BCUT2D eigenvalue weighted by molar-refractivity contribution is 0.346. The van der Waals surface area contributed by atoms with Gasteiger partial charge in [-0.05, 0) is 25.0 Å². The summed E-state index contributed by atoms with van der Waals surface area (Å²) < 4.78 is 31.9. The standard InChI is InChI=1S/C16H22N4O3S2/c1-12(2)16-18-14(23-19-16)11-24-15-7-6-13(10-17-15)25(21,22)20-8-4-3-5-9-20/h6-7,10,12H,3-5,8-9,11H2,1-2H3. The molecule has 2 aromatic rings. The third-order valence-corrected chi connectivity index (χ3v) is 6.82. The highest BCUT2D eigenvalue weighted by Crippen LogP contribution is 2.24. The van der Waals surface area contributed by atoms with Gasteiger partial charge >= 0.3 is 0 Å². The van der Waals surface area contributed by atoms with Gasteiger partial charge in [0.25, 0.3) is 0 Å². The molecule has 0 N–H and O–H groups in total. The minimum Gasteiger partial charge on any atom is -0.338 e. The zero-order chi connectivity index (χ0) is 17.9. The number of sulfonamides is 1. The molecule has 136 valence electrons. The molecule has 2 aromatic heterocycles. The quantitative estimate of drug-likeness (QED) is 0.709. The lowest BCUT2D eigenvalue weighted by Crippen LogP contribution is -2.35. The van der Waals surface area contributed by atoms with Gasteiger partial charge in [0.2, 0.25) is 15.9 Å². The summed E-state index contributed by atoms with van der Waals surface area (Å²) >= 11 is 1.44. The largest absolute Gasteiger partial charge is 0.338 e. The van der Waals surface area contributed by atoms with Crippen LogP contribution in [0.2, 0.25) is 0 Å². The lowest BCUT2D eigenvalue weighted by Gasteiger charge is -2.25. The zero-order valence-electron chi connectivity index (χ0n) is 14.4. The number of piperidine rings is 1. The lowest BCUT2D eigenvalue weighted by atomic mass is 10.2. The van der Waals surface area contributed by atoms with Crippen LogP contribution in [0.15, 0.2) is 32.8 Å². The van der Waals surface area contributed by atoms with Crippen molar-refractivity contribution in [1.29, 1.82) is 0 Å². The molecule has 0 radical (unpaired) electrons. The van der Waals surface area contributed by atoms with E-state index < -0.39 is 10.0 Å². The Morgan fingerprint density at radius 1 is 1.24 bits per heavy atom. The van der Waals surface area contributed by atoms with Crippen molar-refractivity contribution in [2.24, 2.45) is 0 Å². The van der Waals surface area contributed by atoms with Crippen molar-refractivity contribution in [3.63, 3.8) is 0 Å². The van der Waals surface area contributed by atoms with Gasteiger partial charge < -0.3 is 4.52 Å². The number of hydrogen-bond acceptors (Lipinski definition) is 7. The molecule has 0 aromatic carbocycles. The number of hydrogen-bond donors (Lipinski definition) is 0. The van der Waals surface area contributed by atoms with Crippen LogP contribution in [0.3, 0.4) is 0 Å². The van der Waals surface area contributed by atoms with Crippen molar-refractivity contribution in [2.45, 2.75) is 54.7 Å². The maximum Gasteiger partial charge on any atom is 0.244 e. The summed E-state index contributed by atoms with van der Waals surface area (Å²) in [4.78, 5) is 8.83. The number of aromatic nitrogens is 3. The summed E-state index contributed by atoms with van der Waals surface area (Å²) in [5.74, 6) is 1.96. The summed E-state index contributed by atoms with van der Waals surface area (Å²) in [5.41, 5.74) is 0. The molecule has 0 unspecified atom stereocenters. The molecule has 1 aliphatic rings. The average molecular weight is 383 g/mol. The van der Waals surface area contributed by atoms with E-state index in [2.05, 4.69) is 15.1 Å². The van der Waals surface area contributed by atoms with Gasteiger partial charge in [-0.25, -0.2) is 13.4 Å². The summed E-state index contributed by atoms with van der Waals surface area (Å²) in [6.07, 6.45) is 4.36. The van der Waals surface area contributed by atoms with Gasteiger partial charge in [0, 0.05) is 25.2 Å². The summed E-state index contributed by atoms with van der Waals surface area (Å²) in [6.45, 7) is 5.19. The Hall–Kier alpha value is -1.45. The Morgan fingerprint density at radius 3 is 2.60 bits per heavy atom. The first-order valence-corrected chi connectivity index (χ1v) is 10.8. The van der Waals surface area contributed by atoms with Crippen molar-refractivity contribution in [3.05, 3.63) is 30.0 Å². The van der Waals surface area contributed by atoms with Gasteiger partial charge in [-0.1, -0.05) is 37.2 Å². The minimum absolute atomic E-state index is 0.222. The molecule has 7 nitrogen and oxygen atoms in total. The molecule has 0 saturated carbocycles. The first-order chi connectivity index (χ1) is 12.0. The van der Waals surface area contributed by atoms with E-state index in [0.29, 0.717) is 30.6 Å². The molecule has 0 amide bonds. The van der Waals surface area contributed by atoms with E-state index in [-0.39, 0.29) is 10.8 Å². The maximum absolute atomic E-state index is 12.6. The fourth-order valence-electron chi connectivity index (χ4n) is 2.56. The molecule has 0 bridgehead atoms. The van der Waals surface area contributed by atoms with Crippen LogP contribution in [0.25, 0.3) is 0 Å². The van der Waals surface area contributed by atoms with Crippen LogP contribution in [-0.4, -0.2) is 40.9 Å². The molecule has 3 heterocycles. The Morgan fingerprint density at radius 2 is 2.00 bits per heavy atom. The highest BCUT2D eigenvalue weighted by atomic mass is 32.2. The van der Waals surface area contributed by atoms with Gasteiger partial charge in [0.05, 0.1) is 10.8 Å². The van der Waals surface area contributed by atoms with Crippen LogP contribution >= 0.6 is 11.8 Å². The number of nitrogens with zero attached hydrogens (tertiary/aromatic N) is 4. The topological polar surface area (TPSA) is 89.2 Å². The van der Waals surface area contributed by atoms with E-state index in [1.54, 1.807) is 16.4 Å². The van der Waals surface area contributed by atoms with Crippen LogP contribution in [0, 0.1) is 0 Å². The predicted molar refractivity (Wildman–Crippen MR) is 94.8 cm³/mol. The third kappa shape index (κ3) is 4.39. The molecule has 1 fully saturated rings. The fraction of sp³-hybridized carbons (Fsp3) is 0.562. The highest BCUT2D eigenvalue weighted by Gasteiger charge is 2.26. The molecule has 9 heteroatoms. The van der Waals surface area contributed by atoms with Crippen molar-refractivity contribution < 1.29 is 12.9 Å². The van der Waals surface area contributed by atoms with E-state index >= 15 is 0 Å². The third-order valence-electron chi connectivity index (χ3n) is 4.01. The van der Waals surface area contributed by atoms with Crippen molar-refractivity contribution in [3.8, 4) is 0 Å². The average Bonchev–Trinajstić information content (AvgIpc) is 3.10. The first kappa shape index (κ1) is 18.3. The molecular formula is C16H22N4O3S2. The SMILES string of the molecule is CC(C)c1noc(CSc2ccc(S(=O)(=O)N3CCCCC3)cn2)n1. The normalized spacial score (nSPS) is 16.4. The Balaban J connectivity index is 1.63. The second kappa shape index (κ2) is 7.84. The van der Waals surface area contributed by atoms with Crippen molar-refractivity contribution in [2.75, 3.05) is 13.1 Å². The molecule has 25 heavy (non-hydrogen) atoms. The van der Waals surface area contributed by atoms with E-state index in [9.17, 15) is 8.42 Å². The first-order valence-electron chi connectivity index (χ1n) is 8.38. The monoisotopic (exact) mass is 382 g/mol. The van der Waals surface area contributed by atoms with Crippen LogP contribution in [0.5, 0.6) is 0 Å². The molecule has 3 rings (SSSR count). The molecule has 0 atom stereocenters. The highest BCUT2D eigenvalue weighted by molar-refractivity contribution is 7.98. The second-order valence-electron chi connectivity index (χ2n) is 6.29. The van der Waals surface area contributed by atoms with Crippen LogP contribution in [0.1, 0.15) is 50.7 Å². The summed E-state index contributed by atoms with van der Waals surface area (Å²) in [6, 6.07) is 3.34. The number of rotatable bonds is 6. The number of thioether (sulfide) groups is 1. The molecule has 1 aliphatic heterocycles. The smallest absolute Gasteiger partial charge is 0.244 e. The molecule has 0 aliphatic carbocycles. The Bertz CT molecular complexity index is 797. The minimum atomic E-state index is -3.43. The Labute approximate surface area is 152 Å². The molecular weight excluding hydrogens is 360 g/mol. The van der Waals surface area contributed by atoms with Gasteiger partial charge in [-0.15, -0.1) is 0 Å². The van der Waals surface area contributed by atoms with Gasteiger partial charge in [-0.2, -0.15) is 9.29 Å². The van der Waals surface area contributed by atoms with Crippen molar-refractivity contribution in [1.82, 2.24) is 19.4 Å². The van der Waals surface area contributed by atoms with Gasteiger partial charge in [-0.3, -0.25) is 0 Å². The van der Waals surface area contributed by atoms with Gasteiger partial charge in [0.15, 0.2) is 5.82 Å². The van der Waals surface area contributed by atoms with Crippen molar-refractivity contribution >= 4 is 21.8 Å². The van der Waals surface area contributed by atoms with E-state index in [1.807, 2.05) is 13.8 Å². The molecule has 0 spiro atoms. The summed E-state index contributed by atoms with van der Waals surface area (Å²) in [7, 11) is -3.43. The Kier molecular flexibility index (Phi) is 5.75. The van der Waals surface area contributed by atoms with Crippen LogP contribution in [-0.2, 0) is 15.8 Å². The van der Waals surface area contributed by atoms with E-state index in [1.165, 1.54) is 18.0 Å². The summed E-state index contributed by atoms with van der Waals surface area (Å²) in [5, 5.41) is 4.65.